The molecule has 1 aliphatic carbocycles. The van der Waals surface area contributed by atoms with Crippen molar-refractivity contribution in [1.82, 2.24) is 15.2 Å². The molecule has 1 aromatic carbocycles. The van der Waals surface area contributed by atoms with Gasteiger partial charge in [-0.05, 0) is 93.8 Å². The minimum absolute atomic E-state index is 0. The van der Waals surface area contributed by atoms with Crippen LogP contribution in [0.2, 0.25) is 0 Å². The van der Waals surface area contributed by atoms with Crippen molar-refractivity contribution in [2.24, 2.45) is 0 Å². The number of nitrogens with zero attached hydrogens (tertiary/aromatic N) is 1. The number of amides is 1. The lowest BCUT2D eigenvalue weighted by molar-refractivity contribution is -0.114. The van der Waals surface area contributed by atoms with Gasteiger partial charge in [0.05, 0.1) is 17.3 Å². The third-order valence-electron chi connectivity index (χ3n) is 7.33. The molecule has 172 valence electrons. The normalized spacial score (nSPS) is 21.6. The van der Waals surface area contributed by atoms with Crippen LogP contribution in [-0.4, -0.2) is 41.8 Å². The Morgan fingerprint density at radius 1 is 1.19 bits per heavy atom. The maximum atomic E-state index is 13.5. The number of piperidine rings is 1. The van der Waals surface area contributed by atoms with E-state index in [0.29, 0.717) is 5.56 Å². The van der Waals surface area contributed by atoms with Crippen molar-refractivity contribution in [3.63, 3.8) is 0 Å². The molecule has 2 aromatic rings. The van der Waals surface area contributed by atoms with Crippen LogP contribution in [0.1, 0.15) is 59.2 Å². The Labute approximate surface area is 195 Å². The van der Waals surface area contributed by atoms with Crippen molar-refractivity contribution in [3.05, 3.63) is 63.1 Å². The first kappa shape index (κ1) is 23.0. The molecule has 3 heterocycles. The molecule has 0 saturated carbocycles. The zero-order valence-electron chi connectivity index (χ0n) is 18.6. The number of nitrogens with one attached hydrogen (secondary N) is 2. The lowest BCUT2D eigenvalue weighted by Crippen LogP contribution is -2.60. The van der Waals surface area contributed by atoms with Crippen LogP contribution in [-0.2, 0) is 17.6 Å². The first-order valence-electron chi connectivity index (χ1n) is 11.6. The predicted molar refractivity (Wildman–Crippen MR) is 127 cm³/mol. The zero-order chi connectivity index (χ0) is 21.4. The molecule has 6 nitrogen and oxygen atoms in total. The fourth-order valence-corrected chi connectivity index (χ4v) is 5.62. The standard InChI is InChI=1S/C25H31N3O3.ClH/c1-17-10-15-28(20-8-3-6-18-5-2-7-19(18)20)24(30)22(17)23(29)27-21-9-4-16-31-25(21)11-13-26-14-12-25;/h3,6,8,10,15,21,26H,2,4-5,7,9,11-14,16H2,1H3,(H,27,29);1H. The maximum absolute atomic E-state index is 13.5. The molecule has 3 aliphatic rings. The van der Waals surface area contributed by atoms with Gasteiger partial charge < -0.3 is 15.4 Å². The third-order valence-corrected chi connectivity index (χ3v) is 7.33. The van der Waals surface area contributed by atoms with E-state index in [2.05, 4.69) is 16.7 Å². The summed E-state index contributed by atoms with van der Waals surface area (Å²) in [5.41, 5.74) is 3.84. The van der Waals surface area contributed by atoms with E-state index < -0.39 is 0 Å². The number of hydrogen-bond donors (Lipinski definition) is 2. The molecular weight excluding hydrogens is 426 g/mol. The second-order valence-electron chi connectivity index (χ2n) is 9.15. The Hall–Kier alpha value is -2.15. The number of aryl methyl sites for hydroxylation is 2. The molecule has 2 aliphatic heterocycles. The molecule has 1 aromatic heterocycles. The number of ether oxygens (including phenoxy) is 1. The number of halogens is 1. The van der Waals surface area contributed by atoms with Gasteiger partial charge in [0.1, 0.15) is 5.56 Å². The van der Waals surface area contributed by atoms with E-state index in [0.717, 1.165) is 70.3 Å². The summed E-state index contributed by atoms with van der Waals surface area (Å²) in [5, 5.41) is 6.58. The lowest BCUT2D eigenvalue weighted by atomic mass is 9.80. The Bertz CT molecular complexity index is 1050. The van der Waals surface area contributed by atoms with Crippen LogP contribution in [0, 0.1) is 6.92 Å². The molecule has 1 spiro atoms. The average molecular weight is 458 g/mol. The monoisotopic (exact) mass is 457 g/mol. The Morgan fingerprint density at radius 3 is 2.81 bits per heavy atom. The molecule has 0 bridgehead atoms. The number of fused-ring (bicyclic) bond motifs is 1. The number of benzene rings is 1. The molecule has 2 N–H and O–H groups in total. The topological polar surface area (TPSA) is 72.4 Å². The van der Waals surface area contributed by atoms with Crippen LogP contribution >= 0.6 is 12.4 Å². The Balaban J connectivity index is 0.00000245. The lowest BCUT2D eigenvalue weighted by Gasteiger charge is -2.46. The van der Waals surface area contributed by atoms with Crippen LogP contribution in [0.5, 0.6) is 0 Å². The van der Waals surface area contributed by atoms with Crippen LogP contribution < -0.4 is 16.2 Å². The van der Waals surface area contributed by atoms with Gasteiger partial charge in [-0.1, -0.05) is 12.1 Å². The first-order valence-corrected chi connectivity index (χ1v) is 11.6. The minimum atomic E-state index is -0.318. The summed E-state index contributed by atoms with van der Waals surface area (Å²) in [6, 6.07) is 7.94. The highest BCUT2D eigenvalue weighted by atomic mass is 35.5. The van der Waals surface area contributed by atoms with Gasteiger partial charge in [-0.3, -0.25) is 14.2 Å². The van der Waals surface area contributed by atoms with Crippen molar-refractivity contribution in [3.8, 4) is 5.69 Å². The van der Waals surface area contributed by atoms with Gasteiger partial charge in [0, 0.05) is 12.8 Å². The average Bonchev–Trinajstić information content (AvgIpc) is 3.26. The minimum Gasteiger partial charge on any atom is -0.373 e. The van der Waals surface area contributed by atoms with Crippen molar-refractivity contribution >= 4 is 18.3 Å². The molecule has 1 unspecified atom stereocenters. The van der Waals surface area contributed by atoms with Crippen molar-refractivity contribution < 1.29 is 9.53 Å². The van der Waals surface area contributed by atoms with Gasteiger partial charge in [-0.2, -0.15) is 0 Å². The molecule has 2 fully saturated rings. The highest BCUT2D eigenvalue weighted by molar-refractivity contribution is 5.95. The zero-order valence-corrected chi connectivity index (χ0v) is 19.4. The summed E-state index contributed by atoms with van der Waals surface area (Å²) in [4.78, 5) is 26.9. The molecule has 5 rings (SSSR count). The fraction of sp³-hybridized carbons (Fsp3) is 0.520. The maximum Gasteiger partial charge on any atom is 0.268 e. The number of pyridine rings is 1. The largest absolute Gasteiger partial charge is 0.373 e. The molecule has 2 saturated heterocycles. The molecule has 1 amide bonds. The number of carbonyl (C=O) groups excluding carboxylic acids is 1. The molecule has 7 heteroatoms. The molecular formula is C25H32ClN3O3. The smallest absolute Gasteiger partial charge is 0.268 e. The van der Waals surface area contributed by atoms with Crippen molar-refractivity contribution in [2.45, 2.75) is 63.5 Å². The van der Waals surface area contributed by atoms with E-state index in [9.17, 15) is 9.59 Å². The number of aromatic nitrogens is 1. The molecule has 32 heavy (non-hydrogen) atoms. The van der Waals surface area contributed by atoms with E-state index in [1.165, 1.54) is 11.1 Å². The van der Waals surface area contributed by atoms with Gasteiger partial charge >= 0.3 is 0 Å². The van der Waals surface area contributed by atoms with E-state index >= 15 is 0 Å². The van der Waals surface area contributed by atoms with Crippen molar-refractivity contribution in [2.75, 3.05) is 19.7 Å². The summed E-state index contributed by atoms with van der Waals surface area (Å²) in [6.45, 7) is 4.36. The van der Waals surface area contributed by atoms with E-state index in [1.807, 2.05) is 25.1 Å². The summed E-state index contributed by atoms with van der Waals surface area (Å²) in [5.74, 6) is -0.280. The fourth-order valence-electron chi connectivity index (χ4n) is 5.62. The third kappa shape index (κ3) is 4.00. The highest BCUT2D eigenvalue weighted by Crippen LogP contribution is 2.33. The number of carbonyl (C=O) groups is 1. The second kappa shape index (κ2) is 9.38. The van der Waals surface area contributed by atoms with Crippen LogP contribution in [0.15, 0.2) is 35.3 Å². The second-order valence-corrected chi connectivity index (χ2v) is 9.15. The summed E-state index contributed by atoms with van der Waals surface area (Å²) < 4.78 is 7.88. The van der Waals surface area contributed by atoms with Gasteiger partial charge in [0.2, 0.25) is 0 Å². The number of rotatable bonds is 3. The summed E-state index contributed by atoms with van der Waals surface area (Å²) in [6.07, 6.45) is 8.52. The molecule has 1 atom stereocenters. The van der Waals surface area contributed by atoms with Crippen LogP contribution in [0.25, 0.3) is 5.69 Å². The highest BCUT2D eigenvalue weighted by Gasteiger charge is 2.44. The number of hydrogen-bond acceptors (Lipinski definition) is 4. The summed E-state index contributed by atoms with van der Waals surface area (Å²) >= 11 is 0. The SMILES string of the molecule is Cc1ccn(-c2cccc3c2CCC3)c(=O)c1C(=O)NC1CCCOC12CCNCC2.Cl. The van der Waals surface area contributed by atoms with Gasteiger partial charge in [0.15, 0.2) is 0 Å². The van der Waals surface area contributed by atoms with Gasteiger partial charge in [-0.25, -0.2) is 0 Å². The van der Waals surface area contributed by atoms with Gasteiger partial charge in [-0.15, -0.1) is 12.4 Å². The first-order chi connectivity index (χ1) is 15.1. The predicted octanol–water partition coefficient (Wildman–Crippen LogP) is 3.09. The molecule has 0 radical (unpaired) electrons. The Kier molecular flexibility index (Phi) is 6.75. The quantitative estimate of drug-likeness (QED) is 0.743. The van der Waals surface area contributed by atoms with Gasteiger partial charge in [0.25, 0.3) is 11.5 Å². The van der Waals surface area contributed by atoms with Crippen LogP contribution in [0.3, 0.4) is 0 Å². The van der Waals surface area contributed by atoms with E-state index in [1.54, 1.807) is 10.8 Å². The van der Waals surface area contributed by atoms with Crippen molar-refractivity contribution in [1.29, 1.82) is 0 Å². The van der Waals surface area contributed by atoms with Crippen LogP contribution in [0.4, 0.5) is 0 Å². The summed E-state index contributed by atoms with van der Waals surface area (Å²) in [7, 11) is 0. The van der Waals surface area contributed by atoms with E-state index in [4.69, 9.17) is 4.74 Å². The Morgan fingerprint density at radius 2 is 2.00 bits per heavy atom. The van der Waals surface area contributed by atoms with E-state index in [-0.39, 0.29) is 41.1 Å².